The molecule has 1 aliphatic rings. The third-order valence-electron chi connectivity index (χ3n) is 4.03. The predicted octanol–water partition coefficient (Wildman–Crippen LogP) is 4.54. The lowest BCUT2D eigenvalue weighted by molar-refractivity contribution is 0.470. The Bertz CT molecular complexity index is 825. The SMILES string of the molecule is Cc1cc(Cl)cc2nc(C3CNc4ccccc4C3)oc12. The van der Waals surface area contributed by atoms with E-state index in [0.717, 1.165) is 35.5 Å². The zero-order valence-corrected chi connectivity index (χ0v) is 12.4. The molecular formula is C17H15ClN2O. The van der Waals surface area contributed by atoms with E-state index in [1.807, 2.05) is 19.1 Å². The van der Waals surface area contributed by atoms with Crippen molar-refractivity contribution in [1.82, 2.24) is 4.98 Å². The molecule has 0 radical (unpaired) electrons. The maximum absolute atomic E-state index is 6.09. The van der Waals surface area contributed by atoms with Crippen LogP contribution in [-0.2, 0) is 6.42 Å². The van der Waals surface area contributed by atoms with Gasteiger partial charge in [0, 0.05) is 17.3 Å². The average Bonchev–Trinajstić information content (AvgIpc) is 2.91. The lowest BCUT2D eigenvalue weighted by Crippen LogP contribution is -2.21. The van der Waals surface area contributed by atoms with E-state index in [0.29, 0.717) is 5.02 Å². The third kappa shape index (κ3) is 2.18. The van der Waals surface area contributed by atoms with Gasteiger partial charge in [0.05, 0.1) is 5.92 Å². The molecular weight excluding hydrogens is 284 g/mol. The van der Waals surface area contributed by atoms with Gasteiger partial charge in [-0.15, -0.1) is 0 Å². The minimum Gasteiger partial charge on any atom is -0.440 e. The Labute approximate surface area is 127 Å². The molecule has 3 aromatic rings. The van der Waals surface area contributed by atoms with E-state index in [2.05, 4.69) is 34.6 Å². The van der Waals surface area contributed by atoms with Crippen LogP contribution in [0.1, 0.15) is 22.9 Å². The van der Waals surface area contributed by atoms with Gasteiger partial charge in [-0.3, -0.25) is 0 Å². The van der Waals surface area contributed by atoms with E-state index in [9.17, 15) is 0 Å². The maximum Gasteiger partial charge on any atom is 0.200 e. The Morgan fingerprint density at radius 2 is 2.14 bits per heavy atom. The van der Waals surface area contributed by atoms with Crippen LogP contribution in [-0.4, -0.2) is 11.5 Å². The fraction of sp³-hybridized carbons (Fsp3) is 0.235. The number of fused-ring (bicyclic) bond motifs is 2. The summed E-state index contributed by atoms with van der Waals surface area (Å²) in [6, 6.07) is 12.2. The second-order valence-corrected chi connectivity index (χ2v) is 6.00. The number of nitrogens with one attached hydrogen (secondary N) is 1. The van der Waals surface area contributed by atoms with Gasteiger partial charge in [0.25, 0.3) is 0 Å². The van der Waals surface area contributed by atoms with Crippen LogP contribution >= 0.6 is 11.6 Å². The number of para-hydroxylation sites is 1. The number of aromatic nitrogens is 1. The molecule has 0 amide bonds. The van der Waals surface area contributed by atoms with Crippen LogP contribution < -0.4 is 5.32 Å². The van der Waals surface area contributed by atoms with Crippen molar-refractivity contribution in [2.75, 3.05) is 11.9 Å². The average molecular weight is 299 g/mol. The molecule has 0 bridgehead atoms. The van der Waals surface area contributed by atoms with Crippen LogP contribution in [0.4, 0.5) is 5.69 Å². The van der Waals surface area contributed by atoms with Gasteiger partial charge in [-0.25, -0.2) is 4.98 Å². The zero-order chi connectivity index (χ0) is 14.4. The number of nitrogens with zero attached hydrogens (tertiary/aromatic N) is 1. The number of benzene rings is 2. The van der Waals surface area contributed by atoms with Crippen molar-refractivity contribution in [1.29, 1.82) is 0 Å². The van der Waals surface area contributed by atoms with Gasteiger partial charge in [-0.1, -0.05) is 29.8 Å². The van der Waals surface area contributed by atoms with Crippen molar-refractivity contribution in [3.05, 3.63) is 58.4 Å². The van der Waals surface area contributed by atoms with Gasteiger partial charge in [-0.2, -0.15) is 0 Å². The molecule has 1 unspecified atom stereocenters. The molecule has 1 atom stereocenters. The minimum absolute atomic E-state index is 0.255. The fourth-order valence-corrected chi connectivity index (χ4v) is 3.23. The minimum atomic E-state index is 0.255. The topological polar surface area (TPSA) is 38.1 Å². The largest absolute Gasteiger partial charge is 0.440 e. The van der Waals surface area contributed by atoms with E-state index in [4.69, 9.17) is 16.0 Å². The molecule has 1 aromatic heterocycles. The molecule has 0 saturated carbocycles. The van der Waals surface area contributed by atoms with Crippen molar-refractivity contribution in [2.45, 2.75) is 19.3 Å². The first-order valence-corrected chi connectivity index (χ1v) is 7.47. The maximum atomic E-state index is 6.09. The van der Waals surface area contributed by atoms with Crippen molar-refractivity contribution in [3.8, 4) is 0 Å². The molecule has 2 aromatic carbocycles. The Morgan fingerprint density at radius 1 is 1.29 bits per heavy atom. The molecule has 4 heteroatoms. The summed E-state index contributed by atoms with van der Waals surface area (Å²) in [6.45, 7) is 2.84. The number of oxazole rings is 1. The van der Waals surface area contributed by atoms with Crippen molar-refractivity contribution in [2.24, 2.45) is 0 Å². The van der Waals surface area contributed by atoms with Crippen molar-refractivity contribution in [3.63, 3.8) is 0 Å². The highest BCUT2D eigenvalue weighted by molar-refractivity contribution is 6.31. The predicted molar refractivity (Wildman–Crippen MR) is 85.1 cm³/mol. The van der Waals surface area contributed by atoms with Gasteiger partial charge in [0.15, 0.2) is 5.58 Å². The van der Waals surface area contributed by atoms with Crippen molar-refractivity contribution >= 4 is 28.4 Å². The van der Waals surface area contributed by atoms with Gasteiger partial charge < -0.3 is 9.73 Å². The molecule has 1 aliphatic heterocycles. The van der Waals surface area contributed by atoms with Crippen LogP contribution in [0.15, 0.2) is 40.8 Å². The molecule has 0 saturated heterocycles. The first-order chi connectivity index (χ1) is 10.2. The first kappa shape index (κ1) is 12.7. The summed E-state index contributed by atoms with van der Waals surface area (Å²) >= 11 is 6.09. The lowest BCUT2D eigenvalue weighted by Gasteiger charge is -2.23. The monoisotopic (exact) mass is 298 g/mol. The fourth-order valence-electron chi connectivity index (χ4n) is 2.96. The van der Waals surface area contributed by atoms with Gasteiger partial charge in [0.1, 0.15) is 5.52 Å². The Balaban J connectivity index is 1.73. The van der Waals surface area contributed by atoms with Crippen LogP contribution in [0.25, 0.3) is 11.1 Å². The molecule has 2 heterocycles. The van der Waals surface area contributed by atoms with Crippen LogP contribution in [0.3, 0.4) is 0 Å². The third-order valence-corrected chi connectivity index (χ3v) is 4.25. The number of halogens is 1. The number of hydrogen-bond acceptors (Lipinski definition) is 3. The summed E-state index contributed by atoms with van der Waals surface area (Å²) in [4.78, 5) is 4.64. The Morgan fingerprint density at radius 3 is 3.05 bits per heavy atom. The highest BCUT2D eigenvalue weighted by Crippen LogP contribution is 2.33. The quantitative estimate of drug-likeness (QED) is 0.716. The second-order valence-electron chi connectivity index (χ2n) is 5.56. The molecule has 0 spiro atoms. The molecule has 106 valence electrons. The van der Waals surface area contributed by atoms with Crippen LogP contribution in [0.2, 0.25) is 5.02 Å². The van der Waals surface area contributed by atoms with Crippen molar-refractivity contribution < 1.29 is 4.42 Å². The molecule has 4 rings (SSSR count). The summed E-state index contributed by atoms with van der Waals surface area (Å²) < 4.78 is 6.00. The normalized spacial score (nSPS) is 17.5. The summed E-state index contributed by atoms with van der Waals surface area (Å²) in [6.07, 6.45) is 0.947. The highest BCUT2D eigenvalue weighted by Gasteiger charge is 2.24. The molecule has 21 heavy (non-hydrogen) atoms. The van der Waals surface area contributed by atoms with Crippen LogP contribution in [0.5, 0.6) is 0 Å². The van der Waals surface area contributed by atoms with Gasteiger partial charge in [-0.05, 0) is 42.7 Å². The summed E-state index contributed by atoms with van der Waals surface area (Å²) in [5.74, 6) is 1.04. The smallest absolute Gasteiger partial charge is 0.200 e. The van der Waals surface area contributed by atoms with Crippen LogP contribution in [0, 0.1) is 6.92 Å². The van der Waals surface area contributed by atoms with E-state index < -0.39 is 0 Å². The van der Waals surface area contributed by atoms with E-state index in [1.165, 1.54) is 11.3 Å². The van der Waals surface area contributed by atoms with E-state index in [-0.39, 0.29) is 5.92 Å². The molecule has 0 fully saturated rings. The number of hydrogen-bond donors (Lipinski definition) is 1. The zero-order valence-electron chi connectivity index (χ0n) is 11.7. The number of aryl methyl sites for hydroxylation is 1. The van der Waals surface area contributed by atoms with Gasteiger partial charge >= 0.3 is 0 Å². The summed E-state index contributed by atoms with van der Waals surface area (Å²) in [7, 11) is 0. The Kier molecular flexibility index (Phi) is 2.89. The van der Waals surface area contributed by atoms with Gasteiger partial charge in [0.2, 0.25) is 5.89 Å². The lowest BCUT2D eigenvalue weighted by atomic mass is 9.94. The highest BCUT2D eigenvalue weighted by atomic mass is 35.5. The van der Waals surface area contributed by atoms with E-state index in [1.54, 1.807) is 0 Å². The standard InChI is InChI=1S/C17H15ClN2O/c1-10-6-13(18)8-15-16(10)21-17(20-15)12-7-11-4-2-3-5-14(11)19-9-12/h2-6,8,12,19H,7,9H2,1H3. The van der Waals surface area contributed by atoms with E-state index >= 15 is 0 Å². The molecule has 1 N–H and O–H groups in total. The Hall–Kier alpha value is -2.00. The first-order valence-electron chi connectivity index (χ1n) is 7.09. The summed E-state index contributed by atoms with van der Waals surface area (Å²) in [5.41, 5.74) is 5.23. The molecule has 3 nitrogen and oxygen atoms in total. The number of anilines is 1. The second kappa shape index (κ2) is 4.78. The number of rotatable bonds is 1. The molecule has 0 aliphatic carbocycles. The summed E-state index contributed by atoms with van der Waals surface area (Å²) in [5, 5.41) is 4.16.